The summed E-state index contributed by atoms with van der Waals surface area (Å²) in [6.45, 7) is 2.34. The minimum Gasteiger partial charge on any atom is -0.490 e. The first-order valence-corrected chi connectivity index (χ1v) is 13.2. The number of hydrogen-bond acceptors (Lipinski definition) is 5. The molecular formula is C23H31FN2O5S. The van der Waals surface area contributed by atoms with Crippen LogP contribution in [-0.4, -0.2) is 44.0 Å². The van der Waals surface area contributed by atoms with Crippen LogP contribution in [0.1, 0.15) is 63.4 Å². The number of rotatable bonds is 9. The summed E-state index contributed by atoms with van der Waals surface area (Å²) < 4.78 is 45.1. The first kappa shape index (κ1) is 23.0. The van der Waals surface area contributed by atoms with Crippen LogP contribution in [0.5, 0.6) is 5.75 Å². The molecule has 4 rings (SSSR count). The topological polar surface area (TPSA) is 102 Å². The van der Waals surface area contributed by atoms with Gasteiger partial charge in [-0.1, -0.05) is 13.0 Å². The quantitative estimate of drug-likeness (QED) is 0.544. The summed E-state index contributed by atoms with van der Waals surface area (Å²) in [5.41, 5.74) is -0.0635. The van der Waals surface area contributed by atoms with Crippen molar-refractivity contribution in [1.29, 1.82) is 0 Å². The number of ether oxygens (including phenoxy) is 1. The molecule has 3 amide bonds. The molecule has 7 nitrogen and oxygen atoms in total. The molecule has 0 radical (unpaired) electrons. The van der Waals surface area contributed by atoms with Gasteiger partial charge in [-0.25, -0.2) is 17.6 Å². The Morgan fingerprint density at radius 1 is 1.16 bits per heavy atom. The lowest BCUT2D eigenvalue weighted by atomic mass is 9.76. The number of nitrogens with one attached hydrogen (secondary N) is 2. The largest absolute Gasteiger partial charge is 0.490 e. The fraction of sp³-hybridized carbons (Fsp3) is 0.652. The van der Waals surface area contributed by atoms with Gasteiger partial charge in [0.2, 0.25) is 0 Å². The van der Waals surface area contributed by atoms with Crippen molar-refractivity contribution in [3.05, 3.63) is 29.6 Å². The highest BCUT2D eigenvalue weighted by atomic mass is 32.2. The number of amides is 3. The fourth-order valence-electron chi connectivity index (χ4n) is 4.68. The molecule has 1 heterocycles. The Hall–Kier alpha value is -2.16. The van der Waals surface area contributed by atoms with E-state index in [4.69, 9.17) is 4.74 Å². The van der Waals surface area contributed by atoms with E-state index >= 15 is 0 Å². The number of sulfone groups is 1. The van der Waals surface area contributed by atoms with E-state index in [0.717, 1.165) is 18.4 Å². The molecule has 0 unspecified atom stereocenters. The lowest BCUT2D eigenvalue weighted by Crippen LogP contribution is -2.49. The molecule has 0 aromatic heterocycles. The summed E-state index contributed by atoms with van der Waals surface area (Å²) in [6.07, 6.45) is 5.24. The number of hydrogen-bond donors (Lipinski definition) is 2. The summed E-state index contributed by atoms with van der Waals surface area (Å²) in [4.78, 5) is 23.5. The Labute approximate surface area is 188 Å². The average Bonchev–Trinajstić information content (AvgIpc) is 3.52. The van der Waals surface area contributed by atoms with Crippen LogP contribution >= 0.6 is 0 Å². The van der Waals surface area contributed by atoms with Crippen LogP contribution in [0.3, 0.4) is 0 Å². The third kappa shape index (κ3) is 5.42. The number of carbonyl (C=O) groups excluding carboxylic acids is 2. The molecule has 1 atom stereocenters. The maximum absolute atomic E-state index is 14.0. The lowest BCUT2D eigenvalue weighted by molar-refractivity contribution is -0.125. The van der Waals surface area contributed by atoms with Crippen molar-refractivity contribution >= 4 is 21.8 Å². The van der Waals surface area contributed by atoms with Gasteiger partial charge < -0.3 is 10.1 Å². The zero-order chi connectivity index (χ0) is 22.9. The second-order valence-electron chi connectivity index (χ2n) is 9.68. The summed E-state index contributed by atoms with van der Waals surface area (Å²) in [5.74, 6) is 0.0203. The molecular weight excluding hydrogens is 435 g/mol. The molecule has 32 heavy (non-hydrogen) atoms. The number of benzene rings is 1. The van der Waals surface area contributed by atoms with E-state index in [1.807, 2.05) is 6.92 Å². The molecule has 0 bridgehead atoms. The molecule has 1 aromatic rings. The molecule has 2 aliphatic carbocycles. The van der Waals surface area contributed by atoms with Gasteiger partial charge in [0.25, 0.3) is 5.91 Å². The van der Waals surface area contributed by atoms with Gasteiger partial charge in [0.15, 0.2) is 21.4 Å². The van der Waals surface area contributed by atoms with Crippen LogP contribution in [0.15, 0.2) is 18.2 Å². The number of halogens is 1. The minimum atomic E-state index is -3.30. The van der Waals surface area contributed by atoms with Gasteiger partial charge in [0.1, 0.15) is 5.54 Å². The molecule has 1 aromatic carbocycles. The van der Waals surface area contributed by atoms with Crippen molar-refractivity contribution in [2.24, 2.45) is 11.8 Å². The van der Waals surface area contributed by atoms with Crippen LogP contribution in [-0.2, 0) is 14.6 Å². The van der Waals surface area contributed by atoms with Gasteiger partial charge >= 0.3 is 6.03 Å². The Bertz CT molecular complexity index is 984. The summed E-state index contributed by atoms with van der Waals surface area (Å²) in [7, 11) is -3.30. The molecule has 1 aliphatic heterocycles. The van der Waals surface area contributed by atoms with Gasteiger partial charge in [-0.2, -0.15) is 0 Å². The summed E-state index contributed by atoms with van der Waals surface area (Å²) in [6, 6.07) is 4.14. The van der Waals surface area contributed by atoms with Crippen LogP contribution in [0, 0.1) is 17.7 Å². The van der Waals surface area contributed by atoms with Crippen molar-refractivity contribution in [2.75, 3.05) is 18.1 Å². The normalized spacial score (nSPS) is 26.6. The van der Waals surface area contributed by atoms with Gasteiger partial charge in [-0.15, -0.1) is 0 Å². The Balaban J connectivity index is 1.27. The smallest absolute Gasteiger partial charge is 0.322 e. The van der Waals surface area contributed by atoms with Gasteiger partial charge in [0.05, 0.1) is 18.1 Å². The maximum atomic E-state index is 14.0. The van der Waals surface area contributed by atoms with Crippen molar-refractivity contribution in [1.82, 2.24) is 10.6 Å². The third-order valence-electron chi connectivity index (χ3n) is 7.01. The molecule has 176 valence electrons. The Morgan fingerprint density at radius 3 is 2.50 bits per heavy atom. The van der Waals surface area contributed by atoms with E-state index in [0.29, 0.717) is 44.6 Å². The standard InChI is InChI=1S/C23H31FN2O5S/c1-15(18-4-5-19(24)20(12-18)31-13-17-2-3-17)14-32(29,30)11-8-16-6-9-23(10-7-16)21(27)25-22(28)26-23/h4-5,12,15-17H,2-3,6-11,13-14H2,1H3,(H2,25,26,27,28)/t15-,16?,23?/m0/s1. The van der Waals surface area contributed by atoms with Gasteiger partial charge in [-0.05, 0) is 80.4 Å². The van der Waals surface area contributed by atoms with Crippen LogP contribution in [0.4, 0.5) is 9.18 Å². The highest BCUT2D eigenvalue weighted by Crippen LogP contribution is 2.36. The SMILES string of the molecule is C[C@@H](CS(=O)(=O)CCC1CCC2(CC1)NC(=O)NC2=O)c1ccc(F)c(OCC2CC2)c1. The first-order chi connectivity index (χ1) is 15.2. The molecule has 2 N–H and O–H groups in total. The first-order valence-electron chi connectivity index (χ1n) is 11.4. The van der Waals surface area contributed by atoms with E-state index in [1.165, 1.54) is 6.07 Å². The molecule has 9 heteroatoms. The van der Waals surface area contributed by atoms with E-state index in [9.17, 15) is 22.4 Å². The van der Waals surface area contributed by atoms with Crippen LogP contribution in [0.2, 0.25) is 0 Å². The third-order valence-corrected chi connectivity index (χ3v) is 8.88. The number of imide groups is 1. The average molecular weight is 467 g/mol. The molecule has 3 aliphatic rings. The number of urea groups is 1. The molecule has 1 saturated heterocycles. The summed E-state index contributed by atoms with van der Waals surface area (Å²) in [5, 5.41) is 5.02. The zero-order valence-corrected chi connectivity index (χ0v) is 19.2. The second-order valence-corrected chi connectivity index (χ2v) is 11.9. The predicted molar refractivity (Wildman–Crippen MR) is 118 cm³/mol. The molecule has 3 fully saturated rings. The zero-order valence-electron chi connectivity index (χ0n) is 18.4. The van der Waals surface area contributed by atoms with E-state index in [2.05, 4.69) is 10.6 Å². The van der Waals surface area contributed by atoms with Crippen molar-refractivity contribution in [3.63, 3.8) is 0 Å². The van der Waals surface area contributed by atoms with Crippen molar-refractivity contribution in [3.8, 4) is 5.75 Å². The minimum absolute atomic E-state index is 0.00415. The van der Waals surface area contributed by atoms with Crippen LogP contribution < -0.4 is 15.4 Å². The van der Waals surface area contributed by atoms with Crippen molar-refractivity contribution in [2.45, 2.75) is 63.3 Å². The van der Waals surface area contributed by atoms with E-state index < -0.39 is 27.2 Å². The highest BCUT2D eigenvalue weighted by molar-refractivity contribution is 7.91. The predicted octanol–water partition coefficient (Wildman–Crippen LogP) is 3.29. The van der Waals surface area contributed by atoms with Gasteiger partial charge in [-0.3, -0.25) is 10.1 Å². The van der Waals surface area contributed by atoms with Crippen molar-refractivity contribution < 1.29 is 27.1 Å². The molecule has 1 spiro atoms. The Kier molecular flexibility index (Phi) is 6.47. The van der Waals surface area contributed by atoms with E-state index in [-0.39, 0.29) is 35.0 Å². The van der Waals surface area contributed by atoms with Gasteiger partial charge in [0, 0.05) is 0 Å². The van der Waals surface area contributed by atoms with Crippen LogP contribution in [0.25, 0.3) is 0 Å². The number of carbonyl (C=O) groups is 2. The fourth-order valence-corrected chi connectivity index (χ4v) is 6.49. The highest BCUT2D eigenvalue weighted by Gasteiger charge is 2.47. The maximum Gasteiger partial charge on any atom is 0.322 e. The van der Waals surface area contributed by atoms with E-state index in [1.54, 1.807) is 12.1 Å². The molecule has 2 saturated carbocycles. The lowest BCUT2D eigenvalue weighted by Gasteiger charge is -2.34. The monoisotopic (exact) mass is 466 g/mol. The summed E-state index contributed by atoms with van der Waals surface area (Å²) >= 11 is 0. The second kappa shape index (κ2) is 9.00. The Morgan fingerprint density at radius 2 is 1.88 bits per heavy atom.